The third-order valence-corrected chi connectivity index (χ3v) is 4.71. The number of aryl methyl sites for hydroxylation is 1. The van der Waals surface area contributed by atoms with Crippen LogP contribution in [0.3, 0.4) is 0 Å². The Labute approximate surface area is 126 Å². The van der Waals surface area contributed by atoms with Gasteiger partial charge in [-0.25, -0.2) is 4.79 Å². The molecule has 1 aliphatic heterocycles. The summed E-state index contributed by atoms with van der Waals surface area (Å²) in [6.45, 7) is 2.87. The monoisotopic (exact) mass is 291 g/mol. The molecule has 3 rings (SSSR count). The second-order valence-corrected chi connectivity index (χ2v) is 6.21. The number of aromatic nitrogens is 1. The Bertz CT molecular complexity index is 480. The van der Waals surface area contributed by atoms with Gasteiger partial charge in [-0.2, -0.15) is 0 Å². The molecule has 1 saturated carbocycles. The Morgan fingerprint density at radius 2 is 2.14 bits per heavy atom. The number of rotatable bonds is 3. The van der Waals surface area contributed by atoms with Crippen LogP contribution in [0.5, 0.6) is 0 Å². The lowest BCUT2D eigenvalue weighted by Crippen LogP contribution is -2.45. The minimum Gasteiger partial charge on any atom is -0.359 e. The predicted octanol–water partition coefficient (Wildman–Crippen LogP) is 3.42. The van der Waals surface area contributed by atoms with Gasteiger partial charge in [0.15, 0.2) is 5.76 Å². The average Bonchev–Trinajstić information content (AvgIpc) is 3.16. The summed E-state index contributed by atoms with van der Waals surface area (Å²) in [6.07, 6.45) is 8.87. The summed E-state index contributed by atoms with van der Waals surface area (Å²) in [6, 6.07) is 2.48. The Balaban J connectivity index is 1.63. The number of nitrogens with one attached hydrogen (secondary N) is 1. The molecule has 2 aliphatic rings. The third-order valence-electron chi connectivity index (χ3n) is 4.71. The van der Waals surface area contributed by atoms with Crippen LogP contribution in [-0.4, -0.2) is 28.7 Å². The van der Waals surface area contributed by atoms with Crippen LogP contribution in [0, 0.1) is 0 Å². The van der Waals surface area contributed by atoms with E-state index in [9.17, 15) is 4.79 Å². The Hall–Kier alpha value is -1.52. The van der Waals surface area contributed by atoms with Gasteiger partial charge in [-0.3, -0.25) is 0 Å². The third kappa shape index (κ3) is 3.22. The quantitative estimate of drug-likeness (QED) is 0.928. The summed E-state index contributed by atoms with van der Waals surface area (Å²) in [5, 5.41) is 7.26. The van der Waals surface area contributed by atoms with Gasteiger partial charge in [0.25, 0.3) is 0 Å². The summed E-state index contributed by atoms with van der Waals surface area (Å²) < 4.78 is 5.44. The lowest BCUT2D eigenvalue weighted by atomic mass is 9.96. The zero-order valence-corrected chi connectivity index (χ0v) is 12.8. The first-order valence-corrected chi connectivity index (χ1v) is 8.30. The van der Waals surface area contributed by atoms with E-state index < -0.39 is 0 Å². The van der Waals surface area contributed by atoms with Crippen LogP contribution in [0.25, 0.3) is 0 Å². The van der Waals surface area contributed by atoms with Crippen molar-refractivity contribution in [3.63, 3.8) is 0 Å². The van der Waals surface area contributed by atoms with E-state index in [1.807, 2.05) is 11.0 Å². The summed E-state index contributed by atoms with van der Waals surface area (Å²) in [5.41, 5.74) is 0.963. The number of carbonyl (C=O) groups excluding carboxylic acids is 1. The SMILES string of the molecule is CCc1cc(C2CCCN2C(=O)NC2CCCCC2)on1. The van der Waals surface area contributed by atoms with E-state index in [1.165, 1.54) is 19.3 Å². The second kappa shape index (κ2) is 6.50. The first kappa shape index (κ1) is 14.4. The first-order chi connectivity index (χ1) is 10.3. The van der Waals surface area contributed by atoms with Gasteiger partial charge >= 0.3 is 6.03 Å². The second-order valence-electron chi connectivity index (χ2n) is 6.21. The van der Waals surface area contributed by atoms with Crippen LogP contribution in [-0.2, 0) is 6.42 Å². The van der Waals surface area contributed by atoms with E-state index in [0.717, 1.165) is 50.1 Å². The molecule has 21 heavy (non-hydrogen) atoms. The smallest absolute Gasteiger partial charge is 0.318 e. The molecule has 2 fully saturated rings. The first-order valence-electron chi connectivity index (χ1n) is 8.30. The molecule has 1 N–H and O–H groups in total. The molecule has 0 radical (unpaired) electrons. The molecular formula is C16H25N3O2. The highest BCUT2D eigenvalue weighted by Gasteiger charge is 2.33. The molecule has 0 aromatic carbocycles. The molecule has 2 amide bonds. The highest BCUT2D eigenvalue weighted by molar-refractivity contribution is 5.75. The topological polar surface area (TPSA) is 58.4 Å². The van der Waals surface area contributed by atoms with Crippen molar-refractivity contribution in [3.05, 3.63) is 17.5 Å². The number of carbonyl (C=O) groups is 1. The van der Waals surface area contributed by atoms with Gasteiger partial charge in [0.05, 0.1) is 11.7 Å². The lowest BCUT2D eigenvalue weighted by molar-refractivity contribution is 0.175. The Morgan fingerprint density at radius 1 is 1.33 bits per heavy atom. The van der Waals surface area contributed by atoms with Gasteiger partial charge in [0.2, 0.25) is 0 Å². The Kier molecular flexibility index (Phi) is 4.46. The zero-order chi connectivity index (χ0) is 14.7. The van der Waals surface area contributed by atoms with Crippen molar-refractivity contribution in [1.29, 1.82) is 0 Å². The largest absolute Gasteiger partial charge is 0.359 e. The van der Waals surface area contributed by atoms with Crippen LogP contribution in [0.15, 0.2) is 10.6 Å². The summed E-state index contributed by atoms with van der Waals surface area (Å²) in [7, 11) is 0. The van der Waals surface area contributed by atoms with E-state index in [0.29, 0.717) is 6.04 Å². The molecule has 0 bridgehead atoms. The maximum absolute atomic E-state index is 12.5. The summed E-state index contributed by atoms with van der Waals surface area (Å²) >= 11 is 0. The highest BCUT2D eigenvalue weighted by Crippen LogP contribution is 2.32. The average molecular weight is 291 g/mol. The lowest BCUT2D eigenvalue weighted by Gasteiger charge is -2.28. The number of hydrogen-bond donors (Lipinski definition) is 1. The molecule has 0 spiro atoms. The number of amides is 2. The number of likely N-dealkylation sites (tertiary alicyclic amines) is 1. The van der Waals surface area contributed by atoms with E-state index in [1.54, 1.807) is 0 Å². The minimum atomic E-state index is 0.0568. The predicted molar refractivity (Wildman–Crippen MR) is 80.0 cm³/mol. The number of hydrogen-bond acceptors (Lipinski definition) is 3. The molecule has 116 valence electrons. The van der Waals surface area contributed by atoms with Crippen molar-refractivity contribution in [2.45, 2.75) is 70.4 Å². The van der Waals surface area contributed by atoms with Crippen LogP contribution < -0.4 is 5.32 Å². The van der Waals surface area contributed by atoms with Gasteiger partial charge in [-0.15, -0.1) is 0 Å². The van der Waals surface area contributed by atoms with Crippen LogP contribution >= 0.6 is 0 Å². The fourth-order valence-corrected chi connectivity index (χ4v) is 3.46. The number of urea groups is 1. The van der Waals surface area contributed by atoms with Crippen molar-refractivity contribution in [2.24, 2.45) is 0 Å². The maximum Gasteiger partial charge on any atom is 0.318 e. The van der Waals surface area contributed by atoms with Gasteiger partial charge < -0.3 is 14.7 Å². The van der Waals surface area contributed by atoms with Crippen molar-refractivity contribution in [2.75, 3.05) is 6.54 Å². The van der Waals surface area contributed by atoms with E-state index in [2.05, 4.69) is 17.4 Å². The fourth-order valence-electron chi connectivity index (χ4n) is 3.46. The minimum absolute atomic E-state index is 0.0568. The molecule has 1 unspecified atom stereocenters. The molecule has 1 aromatic rings. The van der Waals surface area contributed by atoms with Gasteiger partial charge in [-0.05, 0) is 32.1 Å². The molecule has 1 saturated heterocycles. The normalized spacial score (nSPS) is 23.5. The van der Waals surface area contributed by atoms with Crippen molar-refractivity contribution in [3.8, 4) is 0 Å². The standard InChI is InChI=1S/C16H25N3O2/c1-2-12-11-15(21-18-12)14-9-6-10-19(14)16(20)17-13-7-4-3-5-8-13/h11,13-14H,2-10H2,1H3,(H,17,20). The molecular weight excluding hydrogens is 266 g/mol. The molecule has 1 aromatic heterocycles. The van der Waals surface area contributed by atoms with Crippen LogP contribution in [0.2, 0.25) is 0 Å². The van der Waals surface area contributed by atoms with Gasteiger partial charge in [-0.1, -0.05) is 31.3 Å². The Morgan fingerprint density at radius 3 is 2.86 bits per heavy atom. The van der Waals surface area contributed by atoms with Gasteiger partial charge in [0, 0.05) is 18.7 Å². The summed E-state index contributed by atoms with van der Waals surface area (Å²) in [5.74, 6) is 0.836. The van der Waals surface area contributed by atoms with E-state index in [4.69, 9.17) is 4.52 Å². The maximum atomic E-state index is 12.5. The fraction of sp³-hybridized carbons (Fsp3) is 0.750. The molecule has 1 aliphatic carbocycles. The van der Waals surface area contributed by atoms with Crippen LogP contribution in [0.4, 0.5) is 4.79 Å². The molecule has 1 atom stereocenters. The van der Waals surface area contributed by atoms with Crippen molar-refractivity contribution in [1.82, 2.24) is 15.4 Å². The zero-order valence-electron chi connectivity index (χ0n) is 12.8. The number of nitrogens with zero attached hydrogens (tertiary/aromatic N) is 2. The van der Waals surface area contributed by atoms with Crippen LogP contribution in [0.1, 0.15) is 69.4 Å². The van der Waals surface area contributed by atoms with Gasteiger partial charge in [0.1, 0.15) is 0 Å². The van der Waals surface area contributed by atoms with E-state index >= 15 is 0 Å². The van der Waals surface area contributed by atoms with Crippen molar-refractivity contribution < 1.29 is 9.32 Å². The van der Waals surface area contributed by atoms with Crippen molar-refractivity contribution >= 4 is 6.03 Å². The molecule has 5 nitrogen and oxygen atoms in total. The molecule has 2 heterocycles. The summed E-state index contributed by atoms with van der Waals surface area (Å²) in [4.78, 5) is 14.5. The highest BCUT2D eigenvalue weighted by atomic mass is 16.5. The van der Waals surface area contributed by atoms with E-state index in [-0.39, 0.29) is 12.1 Å². The molecule has 5 heteroatoms.